The molecule has 1 N–H and O–H groups in total. The van der Waals surface area contributed by atoms with Crippen molar-refractivity contribution in [3.8, 4) is 0 Å². The lowest BCUT2D eigenvalue weighted by Gasteiger charge is -2.09. The second kappa shape index (κ2) is 4.92. The molecule has 0 bridgehead atoms. The molecule has 0 aliphatic heterocycles. The number of pyridine rings is 1. The number of hydrogen-bond acceptors (Lipinski definition) is 3. The number of carbonyl (C=O) groups is 1. The summed E-state index contributed by atoms with van der Waals surface area (Å²) in [5.74, 6) is 0.222. The molecule has 3 heteroatoms. The van der Waals surface area contributed by atoms with Crippen molar-refractivity contribution in [2.75, 3.05) is 0 Å². The monoisotopic (exact) mass is 216 g/mol. The van der Waals surface area contributed by atoms with E-state index in [1.165, 1.54) is 5.56 Å². The number of allylic oxidation sites excluding steroid dienone is 2. The zero-order valence-electron chi connectivity index (χ0n) is 9.49. The number of nitrogens with zero attached hydrogens (tertiary/aromatic N) is 1. The lowest BCUT2D eigenvalue weighted by molar-refractivity contribution is -0.114. The van der Waals surface area contributed by atoms with E-state index in [4.69, 9.17) is 0 Å². The van der Waals surface area contributed by atoms with Crippen LogP contribution in [-0.4, -0.2) is 10.8 Å². The SMILES string of the molecule is CCc1cccnc1CNC1=CC(=O)CC1. The number of hydrogen-bond donors (Lipinski definition) is 1. The Balaban J connectivity index is 1.99. The van der Waals surface area contributed by atoms with Gasteiger partial charge in [-0.2, -0.15) is 0 Å². The Morgan fingerprint density at radius 3 is 3.00 bits per heavy atom. The van der Waals surface area contributed by atoms with Crippen molar-refractivity contribution in [1.29, 1.82) is 0 Å². The number of carbonyl (C=O) groups excluding carboxylic acids is 1. The van der Waals surface area contributed by atoms with Gasteiger partial charge < -0.3 is 5.32 Å². The third-order valence-corrected chi connectivity index (χ3v) is 2.82. The fourth-order valence-electron chi connectivity index (χ4n) is 1.89. The van der Waals surface area contributed by atoms with Gasteiger partial charge in [-0.1, -0.05) is 13.0 Å². The smallest absolute Gasteiger partial charge is 0.157 e. The van der Waals surface area contributed by atoms with Crippen LogP contribution in [0.4, 0.5) is 0 Å². The molecule has 0 atom stereocenters. The second-order valence-corrected chi connectivity index (χ2v) is 3.95. The van der Waals surface area contributed by atoms with Gasteiger partial charge in [0.05, 0.1) is 12.2 Å². The van der Waals surface area contributed by atoms with Crippen molar-refractivity contribution >= 4 is 5.78 Å². The number of aryl methyl sites for hydroxylation is 1. The van der Waals surface area contributed by atoms with Crippen LogP contribution in [0.5, 0.6) is 0 Å². The average Bonchev–Trinajstić information content (AvgIpc) is 2.73. The third-order valence-electron chi connectivity index (χ3n) is 2.82. The van der Waals surface area contributed by atoms with Gasteiger partial charge in [-0.25, -0.2) is 0 Å². The lowest BCUT2D eigenvalue weighted by atomic mass is 10.1. The van der Waals surface area contributed by atoms with Crippen molar-refractivity contribution in [3.63, 3.8) is 0 Å². The summed E-state index contributed by atoms with van der Waals surface area (Å²) in [6.07, 6.45) is 5.99. The predicted octanol–water partition coefficient (Wildman–Crippen LogP) is 1.98. The first-order valence-electron chi connectivity index (χ1n) is 5.69. The van der Waals surface area contributed by atoms with Crippen molar-refractivity contribution in [2.45, 2.75) is 32.7 Å². The van der Waals surface area contributed by atoms with Crippen LogP contribution in [0.3, 0.4) is 0 Å². The van der Waals surface area contributed by atoms with Gasteiger partial charge in [0.25, 0.3) is 0 Å². The molecule has 1 aromatic rings. The van der Waals surface area contributed by atoms with Gasteiger partial charge in [0.15, 0.2) is 5.78 Å². The molecule has 0 saturated carbocycles. The first-order valence-corrected chi connectivity index (χ1v) is 5.69. The Kier molecular flexibility index (Phi) is 3.34. The molecular weight excluding hydrogens is 200 g/mol. The Labute approximate surface area is 95.6 Å². The highest BCUT2D eigenvalue weighted by Gasteiger charge is 2.11. The molecular formula is C13H16N2O. The van der Waals surface area contributed by atoms with Gasteiger partial charge >= 0.3 is 0 Å². The van der Waals surface area contributed by atoms with E-state index >= 15 is 0 Å². The Morgan fingerprint density at radius 2 is 2.31 bits per heavy atom. The van der Waals surface area contributed by atoms with Crippen LogP contribution in [0.15, 0.2) is 30.1 Å². The van der Waals surface area contributed by atoms with Gasteiger partial charge in [-0.05, 0) is 24.5 Å². The molecule has 1 heterocycles. The van der Waals surface area contributed by atoms with Crippen LogP contribution in [0.2, 0.25) is 0 Å². The molecule has 84 valence electrons. The zero-order chi connectivity index (χ0) is 11.4. The van der Waals surface area contributed by atoms with Gasteiger partial charge in [0, 0.05) is 24.4 Å². The number of nitrogens with one attached hydrogen (secondary N) is 1. The van der Waals surface area contributed by atoms with E-state index in [9.17, 15) is 4.79 Å². The van der Waals surface area contributed by atoms with Crippen LogP contribution >= 0.6 is 0 Å². The van der Waals surface area contributed by atoms with E-state index in [0.717, 1.165) is 24.2 Å². The minimum atomic E-state index is 0.222. The van der Waals surface area contributed by atoms with E-state index in [2.05, 4.69) is 23.3 Å². The molecule has 1 aliphatic carbocycles. The highest BCUT2D eigenvalue weighted by Crippen LogP contribution is 2.13. The van der Waals surface area contributed by atoms with E-state index in [0.29, 0.717) is 13.0 Å². The van der Waals surface area contributed by atoms with Gasteiger partial charge in [0.2, 0.25) is 0 Å². The number of ketones is 1. The molecule has 1 aromatic heterocycles. The van der Waals surface area contributed by atoms with Gasteiger partial charge in [-0.3, -0.25) is 9.78 Å². The fraction of sp³-hybridized carbons (Fsp3) is 0.385. The lowest BCUT2D eigenvalue weighted by Crippen LogP contribution is -2.13. The summed E-state index contributed by atoms with van der Waals surface area (Å²) >= 11 is 0. The first-order chi connectivity index (χ1) is 7.79. The molecule has 0 unspecified atom stereocenters. The van der Waals surface area contributed by atoms with E-state index < -0.39 is 0 Å². The van der Waals surface area contributed by atoms with E-state index in [-0.39, 0.29) is 5.78 Å². The molecule has 0 fully saturated rings. The molecule has 0 aromatic carbocycles. The molecule has 2 rings (SSSR count). The maximum absolute atomic E-state index is 11.1. The van der Waals surface area contributed by atoms with E-state index in [1.54, 1.807) is 6.08 Å². The quantitative estimate of drug-likeness (QED) is 0.836. The van der Waals surface area contributed by atoms with Gasteiger partial charge in [-0.15, -0.1) is 0 Å². The van der Waals surface area contributed by atoms with Crippen molar-refractivity contribution in [2.24, 2.45) is 0 Å². The van der Waals surface area contributed by atoms with Gasteiger partial charge in [0.1, 0.15) is 0 Å². The molecule has 3 nitrogen and oxygen atoms in total. The third kappa shape index (κ3) is 2.48. The standard InChI is InChI=1S/C13H16N2O/c1-2-10-4-3-7-14-13(10)9-15-11-5-6-12(16)8-11/h3-4,7-8,15H,2,5-6,9H2,1H3. The summed E-state index contributed by atoms with van der Waals surface area (Å²) in [4.78, 5) is 15.4. The average molecular weight is 216 g/mol. The molecule has 0 amide bonds. The predicted molar refractivity (Wildman–Crippen MR) is 62.8 cm³/mol. The summed E-state index contributed by atoms with van der Waals surface area (Å²) in [6.45, 7) is 2.84. The summed E-state index contributed by atoms with van der Waals surface area (Å²) in [5, 5.41) is 3.28. The van der Waals surface area contributed by atoms with Crippen LogP contribution in [0, 0.1) is 0 Å². The van der Waals surface area contributed by atoms with Crippen LogP contribution in [-0.2, 0) is 17.8 Å². The maximum Gasteiger partial charge on any atom is 0.157 e. The summed E-state index contributed by atoms with van der Waals surface area (Å²) in [5.41, 5.74) is 3.38. The first kappa shape index (κ1) is 10.9. The second-order valence-electron chi connectivity index (χ2n) is 3.95. The maximum atomic E-state index is 11.1. The van der Waals surface area contributed by atoms with E-state index in [1.807, 2.05) is 12.3 Å². The summed E-state index contributed by atoms with van der Waals surface area (Å²) in [7, 11) is 0. The molecule has 1 aliphatic rings. The summed E-state index contributed by atoms with van der Waals surface area (Å²) < 4.78 is 0. The minimum absolute atomic E-state index is 0.222. The summed E-state index contributed by atoms with van der Waals surface area (Å²) in [6, 6.07) is 4.05. The Bertz CT molecular complexity index is 424. The molecule has 0 radical (unpaired) electrons. The fourth-order valence-corrected chi connectivity index (χ4v) is 1.89. The Morgan fingerprint density at radius 1 is 1.44 bits per heavy atom. The molecule has 0 saturated heterocycles. The normalized spacial score (nSPS) is 15.1. The van der Waals surface area contributed by atoms with Crippen LogP contribution in [0.25, 0.3) is 0 Å². The molecule has 16 heavy (non-hydrogen) atoms. The largest absolute Gasteiger partial charge is 0.383 e. The number of aromatic nitrogens is 1. The highest BCUT2D eigenvalue weighted by atomic mass is 16.1. The van der Waals surface area contributed by atoms with Crippen LogP contribution in [0.1, 0.15) is 31.0 Å². The zero-order valence-corrected chi connectivity index (χ0v) is 9.49. The van der Waals surface area contributed by atoms with Crippen molar-refractivity contribution < 1.29 is 4.79 Å². The Hall–Kier alpha value is -1.64. The minimum Gasteiger partial charge on any atom is -0.383 e. The number of rotatable bonds is 4. The topological polar surface area (TPSA) is 42.0 Å². The van der Waals surface area contributed by atoms with Crippen molar-refractivity contribution in [1.82, 2.24) is 10.3 Å². The molecule has 0 spiro atoms. The van der Waals surface area contributed by atoms with Crippen molar-refractivity contribution in [3.05, 3.63) is 41.4 Å². The highest BCUT2D eigenvalue weighted by molar-refractivity contribution is 5.92. The van der Waals surface area contributed by atoms with Crippen LogP contribution < -0.4 is 5.32 Å².